The van der Waals surface area contributed by atoms with Crippen molar-refractivity contribution in [2.45, 2.75) is 119 Å². The summed E-state index contributed by atoms with van der Waals surface area (Å²) in [4.78, 5) is 53.6. The van der Waals surface area contributed by atoms with E-state index in [0.717, 1.165) is 63.0 Å². The number of nitrogens with zero attached hydrogens (tertiary/aromatic N) is 2. The second kappa shape index (κ2) is 18.8. The molecule has 10 nitrogen and oxygen atoms in total. The average Bonchev–Trinajstić information content (AvgIpc) is 3.55. The maximum atomic E-state index is 13.0. The standard InChI is InChI=1S/2C22H31NO3.Ca.2H2O/c2*1-20(19(25)26,13-17-9-5-4-6-10-17)14-18(24)23-15-21(2)11-7-8-12-22(21,3)16-23;;;/h2*4-6,9-10H,7-8,11-16H2,1-3H3,(H,25,26);;2*1H2/q;;+2;;/p-2/t2*20-,21-,22+;;;/m00.../s1. The molecule has 2 aliphatic heterocycles. The van der Waals surface area contributed by atoms with Crippen molar-refractivity contribution in [2.24, 2.45) is 32.5 Å². The Hall–Kier alpha value is -2.50. The first-order valence-corrected chi connectivity index (χ1v) is 19.4. The van der Waals surface area contributed by atoms with Crippen LogP contribution in [0.3, 0.4) is 0 Å². The summed E-state index contributed by atoms with van der Waals surface area (Å²) in [5.74, 6) is -2.40. The molecule has 2 heterocycles. The molecule has 6 rings (SSSR count). The van der Waals surface area contributed by atoms with Gasteiger partial charge < -0.3 is 40.6 Å². The van der Waals surface area contributed by atoms with Gasteiger partial charge in [-0.15, -0.1) is 0 Å². The molecular formula is C44H64CaN2O8. The van der Waals surface area contributed by atoms with Crippen molar-refractivity contribution in [3.63, 3.8) is 0 Å². The van der Waals surface area contributed by atoms with E-state index < -0.39 is 22.8 Å². The summed E-state index contributed by atoms with van der Waals surface area (Å²) >= 11 is 0. The fourth-order valence-corrected chi connectivity index (χ4v) is 9.89. The summed E-state index contributed by atoms with van der Waals surface area (Å²) in [6, 6.07) is 19.0. The van der Waals surface area contributed by atoms with Gasteiger partial charge >= 0.3 is 37.7 Å². The Bertz CT molecular complexity index is 1470. The molecule has 55 heavy (non-hydrogen) atoms. The molecule has 0 spiro atoms. The molecule has 2 saturated carbocycles. The smallest absolute Gasteiger partial charge is 0.550 e. The first-order valence-electron chi connectivity index (χ1n) is 19.4. The fraction of sp³-hybridized carbons (Fsp3) is 0.636. The van der Waals surface area contributed by atoms with E-state index in [2.05, 4.69) is 27.7 Å². The van der Waals surface area contributed by atoms with E-state index in [1.807, 2.05) is 70.5 Å². The van der Waals surface area contributed by atoms with Crippen molar-refractivity contribution in [3.05, 3.63) is 71.8 Å². The van der Waals surface area contributed by atoms with Crippen molar-refractivity contribution in [1.82, 2.24) is 9.80 Å². The third-order valence-electron chi connectivity index (χ3n) is 14.1. The maximum Gasteiger partial charge on any atom is 2.00 e. The van der Waals surface area contributed by atoms with Gasteiger partial charge in [0.25, 0.3) is 0 Å². The Morgan fingerprint density at radius 3 is 1.04 bits per heavy atom. The number of amides is 2. The van der Waals surface area contributed by atoms with E-state index in [1.54, 1.807) is 13.8 Å². The summed E-state index contributed by atoms with van der Waals surface area (Å²) in [7, 11) is 0. The number of benzene rings is 2. The fourth-order valence-electron chi connectivity index (χ4n) is 9.89. The molecule has 4 aliphatic rings. The van der Waals surface area contributed by atoms with E-state index in [9.17, 15) is 29.4 Å². The maximum absolute atomic E-state index is 13.0. The normalized spacial score (nSPS) is 28.8. The van der Waals surface area contributed by atoms with Crippen LogP contribution in [-0.2, 0) is 32.0 Å². The van der Waals surface area contributed by atoms with Gasteiger partial charge in [0.15, 0.2) is 0 Å². The van der Waals surface area contributed by atoms with Crippen molar-refractivity contribution >= 4 is 61.5 Å². The molecule has 4 fully saturated rings. The monoisotopic (exact) mass is 788 g/mol. The molecule has 0 unspecified atom stereocenters. The zero-order chi connectivity index (χ0) is 38.0. The van der Waals surface area contributed by atoms with Gasteiger partial charge in [-0.05, 0) is 71.3 Å². The molecule has 11 heteroatoms. The van der Waals surface area contributed by atoms with Crippen molar-refractivity contribution < 1.29 is 40.3 Å². The predicted molar refractivity (Wildman–Crippen MR) is 211 cm³/mol. The zero-order valence-corrected chi connectivity index (χ0v) is 36.3. The third-order valence-corrected chi connectivity index (χ3v) is 14.1. The SMILES string of the molecule is C[C@@](CC(=O)N1C[C@]2(C)CCCC[C@]2(C)C1)(Cc1ccccc1)C(=O)[O-].C[C@@](CC(=O)N1C[C@]2(C)CCCC[C@]2(C)C1)(Cc1ccccc1)C(=O)[O-].O.O.[Ca+2]. The van der Waals surface area contributed by atoms with Crippen LogP contribution in [0.4, 0.5) is 0 Å². The van der Waals surface area contributed by atoms with Crippen LogP contribution in [0.2, 0.25) is 0 Å². The Labute approximate surface area is 358 Å². The topological polar surface area (TPSA) is 184 Å². The van der Waals surface area contributed by atoms with Crippen LogP contribution in [-0.4, -0.2) is 108 Å². The quantitative estimate of drug-likeness (QED) is 0.332. The molecule has 2 aliphatic carbocycles. The number of carboxylic acid groups (broad SMARTS) is 2. The van der Waals surface area contributed by atoms with Crippen LogP contribution < -0.4 is 10.2 Å². The van der Waals surface area contributed by atoms with E-state index in [-0.39, 0.29) is 95.0 Å². The number of likely N-dealkylation sites (tertiary alicyclic amines) is 2. The number of carboxylic acids is 2. The van der Waals surface area contributed by atoms with E-state index in [1.165, 1.54) is 25.7 Å². The van der Waals surface area contributed by atoms with E-state index in [0.29, 0.717) is 12.8 Å². The molecular weight excluding hydrogens is 725 g/mol. The number of aliphatic carboxylic acids is 2. The minimum atomic E-state index is -1.19. The molecule has 6 atom stereocenters. The average molecular weight is 789 g/mol. The molecule has 0 aromatic heterocycles. The number of hydrogen-bond acceptors (Lipinski definition) is 6. The summed E-state index contributed by atoms with van der Waals surface area (Å²) in [5.41, 5.74) is 0.0662. The van der Waals surface area contributed by atoms with Gasteiger partial charge in [0.05, 0.1) is 0 Å². The minimum Gasteiger partial charge on any atom is -0.550 e. The summed E-state index contributed by atoms with van der Waals surface area (Å²) in [6.45, 7) is 15.4. The van der Waals surface area contributed by atoms with Crippen molar-refractivity contribution in [3.8, 4) is 0 Å². The van der Waals surface area contributed by atoms with Crippen LogP contribution in [0, 0.1) is 32.5 Å². The molecule has 4 N–H and O–H groups in total. The zero-order valence-electron chi connectivity index (χ0n) is 34.1. The van der Waals surface area contributed by atoms with Crippen LogP contribution in [0.15, 0.2) is 60.7 Å². The van der Waals surface area contributed by atoms with E-state index >= 15 is 0 Å². The van der Waals surface area contributed by atoms with Gasteiger partial charge in [-0.25, -0.2) is 0 Å². The second-order valence-electron chi connectivity index (χ2n) is 18.5. The number of rotatable bonds is 10. The molecule has 2 aromatic rings. The van der Waals surface area contributed by atoms with Gasteiger partial charge in [-0.1, -0.05) is 128 Å². The van der Waals surface area contributed by atoms with Crippen LogP contribution in [0.5, 0.6) is 0 Å². The molecule has 0 radical (unpaired) electrons. The first kappa shape index (κ1) is 48.6. The Morgan fingerprint density at radius 1 is 0.545 bits per heavy atom. The number of fused-ring (bicyclic) bond motifs is 2. The third kappa shape index (κ3) is 10.5. The number of hydrogen-bond donors (Lipinski definition) is 0. The van der Waals surface area contributed by atoms with Gasteiger partial charge in [-0.2, -0.15) is 0 Å². The van der Waals surface area contributed by atoms with Gasteiger partial charge in [-0.3, -0.25) is 9.59 Å². The second-order valence-corrected chi connectivity index (χ2v) is 18.5. The summed E-state index contributed by atoms with van der Waals surface area (Å²) in [5, 5.41) is 23.7. The van der Waals surface area contributed by atoms with Crippen LogP contribution >= 0.6 is 0 Å². The summed E-state index contributed by atoms with van der Waals surface area (Å²) < 4.78 is 0. The van der Waals surface area contributed by atoms with Gasteiger partial charge in [0.1, 0.15) is 0 Å². The first-order chi connectivity index (χ1) is 24.3. The van der Waals surface area contributed by atoms with Crippen molar-refractivity contribution in [2.75, 3.05) is 26.2 Å². The van der Waals surface area contributed by atoms with Crippen molar-refractivity contribution in [1.29, 1.82) is 0 Å². The molecule has 0 bridgehead atoms. The van der Waals surface area contributed by atoms with Gasteiger partial charge in [0, 0.05) is 61.8 Å². The number of carbonyl (C=O) groups is 4. The molecule has 300 valence electrons. The Balaban J connectivity index is 0.000000360. The largest absolute Gasteiger partial charge is 2.00 e. The predicted octanol–water partition coefficient (Wildman–Crippen LogP) is 3.58. The Morgan fingerprint density at radius 2 is 0.800 bits per heavy atom. The van der Waals surface area contributed by atoms with Crippen LogP contribution in [0.1, 0.15) is 117 Å². The van der Waals surface area contributed by atoms with Gasteiger partial charge in [0.2, 0.25) is 11.8 Å². The van der Waals surface area contributed by atoms with E-state index in [4.69, 9.17) is 0 Å². The minimum absolute atomic E-state index is 0. The summed E-state index contributed by atoms with van der Waals surface area (Å²) in [6.07, 6.45) is 10.1. The molecule has 2 saturated heterocycles. The molecule has 2 aromatic carbocycles. The van der Waals surface area contributed by atoms with Crippen LogP contribution in [0.25, 0.3) is 0 Å². The molecule has 2 amide bonds. The Kier molecular flexibility index (Phi) is 16.7. The number of carbonyl (C=O) groups excluding carboxylic acids is 4.